The molecule has 1 aromatic carbocycles. The molecule has 0 amide bonds. The second-order valence-corrected chi connectivity index (χ2v) is 6.32. The molecule has 6 heteroatoms. The fraction of sp³-hybridized carbons (Fsp3) is 0.231. The van der Waals surface area contributed by atoms with E-state index in [0.717, 1.165) is 31.7 Å². The van der Waals surface area contributed by atoms with E-state index in [4.69, 9.17) is 11.6 Å². The molecule has 0 spiro atoms. The number of aromatic nitrogens is 2. The van der Waals surface area contributed by atoms with E-state index in [9.17, 15) is 0 Å². The van der Waals surface area contributed by atoms with E-state index < -0.39 is 0 Å². The van der Waals surface area contributed by atoms with Gasteiger partial charge in [0.1, 0.15) is 5.82 Å². The summed E-state index contributed by atoms with van der Waals surface area (Å²) in [5.41, 5.74) is 1.85. The Hall–Kier alpha value is -0.400. The molecule has 0 bridgehead atoms. The monoisotopic (exact) mass is 451 g/mol. The van der Waals surface area contributed by atoms with Crippen LogP contribution in [0.3, 0.4) is 0 Å². The third kappa shape index (κ3) is 3.38. The summed E-state index contributed by atoms with van der Waals surface area (Å²) in [7, 11) is 0. The molecule has 0 atom stereocenters. The van der Waals surface area contributed by atoms with Crippen LogP contribution in [0.2, 0.25) is 5.02 Å². The number of anilines is 1. The number of nitrogens with one attached hydrogen (secondary N) is 1. The van der Waals surface area contributed by atoms with Crippen molar-refractivity contribution in [3.63, 3.8) is 0 Å². The highest BCUT2D eigenvalue weighted by Crippen LogP contribution is 2.30. The Balaban J connectivity index is 2.59. The van der Waals surface area contributed by atoms with E-state index in [2.05, 4.69) is 53.8 Å². The molecule has 2 aromatic rings. The summed E-state index contributed by atoms with van der Waals surface area (Å²) in [6, 6.07) is 5.60. The molecule has 2 rings (SSSR count). The SMILES string of the molecule is CCNc1nc(-c2cc(Cl)ccc2Br)nc(C)c1I. The van der Waals surface area contributed by atoms with Gasteiger partial charge in [-0.15, -0.1) is 0 Å². The van der Waals surface area contributed by atoms with Gasteiger partial charge >= 0.3 is 0 Å². The molecule has 0 unspecified atom stereocenters. The van der Waals surface area contributed by atoms with Crippen molar-refractivity contribution in [2.24, 2.45) is 0 Å². The van der Waals surface area contributed by atoms with E-state index >= 15 is 0 Å². The topological polar surface area (TPSA) is 37.8 Å². The molecule has 0 saturated heterocycles. The molecule has 0 aliphatic carbocycles. The second-order valence-electron chi connectivity index (χ2n) is 3.95. The van der Waals surface area contributed by atoms with E-state index in [1.54, 1.807) is 0 Å². The van der Waals surface area contributed by atoms with Gasteiger partial charge in [-0.05, 0) is 54.6 Å². The van der Waals surface area contributed by atoms with E-state index in [1.807, 2.05) is 32.0 Å². The fourth-order valence-corrected chi connectivity index (χ4v) is 2.66. The van der Waals surface area contributed by atoms with Gasteiger partial charge in [-0.3, -0.25) is 0 Å². The fourth-order valence-electron chi connectivity index (χ4n) is 1.63. The summed E-state index contributed by atoms with van der Waals surface area (Å²) in [6.45, 7) is 4.84. The smallest absolute Gasteiger partial charge is 0.163 e. The third-order valence-corrected chi connectivity index (χ3v) is 4.75. The zero-order chi connectivity index (χ0) is 14.0. The third-order valence-electron chi connectivity index (χ3n) is 2.53. The van der Waals surface area contributed by atoms with Crippen molar-refractivity contribution in [1.82, 2.24) is 9.97 Å². The van der Waals surface area contributed by atoms with Crippen LogP contribution >= 0.6 is 50.1 Å². The number of nitrogens with zero attached hydrogens (tertiary/aromatic N) is 2. The lowest BCUT2D eigenvalue weighted by Gasteiger charge is -2.11. The van der Waals surface area contributed by atoms with Crippen molar-refractivity contribution < 1.29 is 0 Å². The highest BCUT2D eigenvalue weighted by molar-refractivity contribution is 14.1. The lowest BCUT2D eigenvalue weighted by atomic mass is 10.2. The van der Waals surface area contributed by atoms with E-state index in [0.29, 0.717) is 10.8 Å². The maximum absolute atomic E-state index is 6.05. The van der Waals surface area contributed by atoms with Crippen LogP contribution in [0.1, 0.15) is 12.6 Å². The van der Waals surface area contributed by atoms with Gasteiger partial charge in [-0.2, -0.15) is 0 Å². The Morgan fingerprint density at radius 1 is 1.37 bits per heavy atom. The molecule has 1 N–H and O–H groups in total. The Morgan fingerprint density at radius 2 is 2.11 bits per heavy atom. The lowest BCUT2D eigenvalue weighted by Crippen LogP contribution is -2.06. The first-order valence-corrected chi connectivity index (χ1v) is 8.01. The molecule has 0 radical (unpaired) electrons. The predicted molar refractivity (Wildman–Crippen MR) is 91.8 cm³/mol. The molecule has 0 aliphatic rings. The summed E-state index contributed by atoms with van der Waals surface area (Å²) in [6.07, 6.45) is 0. The van der Waals surface area contributed by atoms with E-state index in [-0.39, 0.29) is 0 Å². The molecule has 0 fully saturated rings. The molecule has 19 heavy (non-hydrogen) atoms. The van der Waals surface area contributed by atoms with Crippen LogP contribution in [0, 0.1) is 10.5 Å². The van der Waals surface area contributed by atoms with Gasteiger partial charge in [0.05, 0.1) is 9.26 Å². The van der Waals surface area contributed by atoms with Gasteiger partial charge in [0, 0.05) is 21.6 Å². The maximum Gasteiger partial charge on any atom is 0.163 e. The van der Waals surface area contributed by atoms with Crippen LogP contribution in [0.4, 0.5) is 5.82 Å². The standard InChI is InChI=1S/C13H12BrClIN3/c1-3-17-13-11(16)7(2)18-12(19-13)9-6-8(15)4-5-10(9)14/h4-6H,3H2,1-2H3,(H,17,18,19). The van der Waals surface area contributed by atoms with Gasteiger partial charge in [0.25, 0.3) is 0 Å². The first kappa shape index (κ1) is 15.0. The first-order valence-electron chi connectivity index (χ1n) is 5.76. The quantitative estimate of drug-likeness (QED) is 0.673. The van der Waals surface area contributed by atoms with Crippen LogP contribution < -0.4 is 5.32 Å². The summed E-state index contributed by atoms with van der Waals surface area (Å²) >= 11 is 11.8. The minimum Gasteiger partial charge on any atom is -0.369 e. The Bertz CT molecular complexity index is 619. The Labute approximate surface area is 139 Å². The number of hydrogen-bond acceptors (Lipinski definition) is 3. The minimum absolute atomic E-state index is 0.669. The highest BCUT2D eigenvalue weighted by Gasteiger charge is 2.12. The zero-order valence-corrected chi connectivity index (χ0v) is 15.0. The van der Waals surface area contributed by atoms with Crippen molar-refractivity contribution in [2.45, 2.75) is 13.8 Å². The van der Waals surface area contributed by atoms with Crippen molar-refractivity contribution in [2.75, 3.05) is 11.9 Å². The molecular formula is C13H12BrClIN3. The molecule has 0 saturated carbocycles. The maximum atomic E-state index is 6.05. The van der Waals surface area contributed by atoms with Gasteiger partial charge in [-0.1, -0.05) is 27.5 Å². The van der Waals surface area contributed by atoms with Crippen molar-refractivity contribution in [3.05, 3.63) is 37.0 Å². The van der Waals surface area contributed by atoms with Crippen LogP contribution in [0.15, 0.2) is 22.7 Å². The molecule has 0 aliphatic heterocycles. The summed E-state index contributed by atoms with van der Waals surface area (Å²) in [5.74, 6) is 1.53. The first-order chi connectivity index (χ1) is 9.02. The average Bonchev–Trinajstić information content (AvgIpc) is 2.38. The zero-order valence-electron chi connectivity index (χ0n) is 10.5. The average molecular weight is 453 g/mol. The minimum atomic E-state index is 0.669. The van der Waals surface area contributed by atoms with Crippen molar-refractivity contribution in [1.29, 1.82) is 0 Å². The molecule has 3 nitrogen and oxygen atoms in total. The van der Waals surface area contributed by atoms with Crippen LogP contribution in [0.25, 0.3) is 11.4 Å². The normalized spacial score (nSPS) is 10.6. The predicted octanol–water partition coefficient (Wildman–Crippen LogP) is 4.90. The van der Waals surface area contributed by atoms with E-state index in [1.165, 1.54) is 0 Å². The second kappa shape index (κ2) is 6.37. The number of halogens is 3. The van der Waals surface area contributed by atoms with Crippen LogP contribution in [-0.2, 0) is 0 Å². The molecule has 100 valence electrons. The number of aryl methyl sites for hydroxylation is 1. The Kier molecular flexibility index (Phi) is 5.03. The highest BCUT2D eigenvalue weighted by atomic mass is 127. The number of hydrogen-bond donors (Lipinski definition) is 1. The van der Waals surface area contributed by atoms with Gasteiger partial charge < -0.3 is 5.32 Å². The summed E-state index contributed by atoms with van der Waals surface area (Å²) in [5, 5.41) is 3.92. The largest absolute Gasteiger partial charge is 0.369 e. The molecule has 1 aromatic heterocycles. The van der Waals surface area contributed by atoms with Gasteiger partial charge in [-0.25, -0.2) is 9.97 Å². The van der Waals surface area contributed by atoms with Crippen LogP contribution in [-0.4, -0.2) is 16.5 Å². The summed E-state index contributed by atoms with van der Waals surface area (Å²) in [4.78, 5) is 9.12. The number of rotatable bonds is 3. The van der Waals surface area contributed by atoms with Crippen molar-refractivity contribution >= 4 is 55.9 Å². The van der Waals surface area contributed by atoms with Gasteiger partial charge in [0.2, 0.25) is 0 Å². The van der Waals surface area contributed by atoms with Crippen LogP contribution in [0.5, 0.6) is 0 Å². The Morgan fingerprint density at radius 3 is 2.79 bits per heavy atom. The van der Waals surface area contributed by atoms with Crippen molar-refractivity contribution in [3.8, 4) is 11.4 Å². The number of benzene rings is 1. The molecule has 1 heterocycles. The van der Waals surface area contributed by atoms with Gasteiger partial charge in [0.15, 0.2) is 5.82 Å². The lowest BCUT2D eigenvalue weighted by molar-refractivity contribution is 1.06. The molecular weight excluding hydrogens is 440 g/mol. The summed E-state index contributed by atoms with van der Waals surface area (Å²) < 4.78 is 1.97.